The number of amides is 1. The van der Waals surface area contributed by atoms with E-state index in [4.69, 9.17) is 5.73 Å². The highest BCUT2D eigenvalue weighted by atomic mass is 32.2. The predicted octanol–water partition coefficient (Wildman–Crippen LogP) is 1.73. The number of nitrogens with zero attached hydrogens (tertiary/aromatic N) is 4. The second-order valence-corrected chi connectivity index (χ2v) is 10.5. The van der Waals surface area contributed by atoms with Crippen LogP contribution in [0.2, 0.25) is 0 Å². The number of primary amides is 1. The molecule has 0 spiro atoms. The van der Waals surface area contributed by atoms with Gasteiger partial charge in [0.15, 0.2) is 14.8 Å². The molecule has 4 rings (SSSR count). The summed E-state index contributed by atoms with van der Waals surface area (Å²) in [6, 6.07) is 1.57. The number of benzene rings is 1. The number of rotatable bonds is 8. The van der Waals surface area contributed by atoms with Crippen LogP contribution >= 0.6 is 11.3 Å². The van der Waals surface area contributed by atoms with E-state index in [9.17, 15) is 35.6 Å². The second kappa shape index (κ2) is 7.65. The number of hydrogen-bond donors (Lipinski definition) is 1. The van der Waals surface area contributed by atoms with Gasteiger partial charge in [-0.3, -0.25) is 13.8 Å². The van der Waals surface area contributed by atoms with Gasteiger partial charge < -0.3 is 5.73 Å². The van der Waals surface area contributed by atoms with Crippen molar-refractivity contribution >= 4 is 38.1 Å². The third-order valence-corrected chi connectivity index (χ3v) is 8.07. The molecule has 0 aliphatic heterocycles. The summed E-state index contributed by atoms with van der Waals surface area (Å²) < 4.78 is 81.2. The summed E-state index contributed by atoms with van der Waals surface area (Å²) in [4.78, 5) is 23.5. The Kier molecular flexibility index (Phi) is 5.35. The first-order chi connectivity index (χ1) is 15.0. The first-order valence-electron chi connectivity index (χ1n) is 9.12. The van der Waals surface area contributed by atoms with Crippen molar-refractivity contribution in [3.63, 3.8) is 0 Å². The standard InChI is InChI=1S/C17H15F4N5O4S2/c18-6-17(1-2-17)7-32(29,30)11-4-10-9(3-8(11)19)25(5-12(22)27)16(28)26(10)15-24-23-14(31-15)13(20)21/h3-4,13H,1-2,5-7H2,(H2,22,27). The van der Waals surface area contributed by atoms with Gasteiger partial charge in [-0.15, -0.1) is 10.2 Å². The molecule has 15 heteroatoms. The second-order valence-electron chi connectivity index (χ2n) is 7.56. The normalized spacial score (nSPS) is 15.5. The molecule has 1 aliphatic carbocycles. The molecule has 1 aliphatic rings. The number of nitrogens with two attached hydrogens (primary N) is 1. The van der Waals surface area contributed by atoms with Crippen LogP contribution in [0.4, 0.5) is 17.6 Å². The minimum atomic E-state index is -4.31. The van der Waals surface area contributed by atoms with Crippen molar-refractivity contribution in [2.75, 3.05) is 12.4 Å². The van der Waals surface area contributed by atoms with Crippen molar-refractivity contribution in [3.05, 3.63) is 33.4 Å². The summed E-state index contributed by atoms with van der Waals surface area (Å²) in [6.07, 6.45) is -2.29. The molecule has 3 aromatic rings. The largest absolute Gasteiger partial charge is 0.368 e. The van der Waals surface area contributed by atoms with Crippen molar-refractivity contribution in [3.8, 4) is 5.13 Å². The highest BCUT2D eigenvalue weighted by molar-refractivity contribution is 7.91. The Morgan fingerprint density at radius 3 is 2.47 bits per heavy atom. The Morgan fingerprint density at radius 1 is 1.25 bits per heavy atom. The predicted molar refractivity (Wildman–Crippen MR) is 105 cm³/mol. The van der Waals surface area contributed by atoms with Crippen LogP contribution in [0.5, 0.6) is 0 Å². The van der Waals surface area contributed by atoms with Crippen LogP contribution in [0, 0.1) is 11.2 Å². The zero-order chi connectivity index (χ0) is 23.4. The first kappa shape index (κ1) is 22.4. The van der Waals surface area contributed by atoms with Gasteiger partial charge in [0.1, 0.15) is 17.3 Å². The lowest BCUT2D eigenvalue weighted by atomic mass is 10.2. The van der Waals surface area contributed by atoms with Gasteiger partial charge in [-0.2, -0.15) is 0 Å². The fourth-order valence-electron chi connectivity index (χ4n) is 3.37. The van der Waals surface area contributed by atoms with Crippen LogP contribution in [-0.2, 0) is 21.2 Å². The van der Waals surface area contributed by atoms with Gasteiger partial charge in [0.05, 0.1) is 23.5 Å². The molecule has 0 atom stereocenters. The van der Waals surface area contributed by atoms with Gasteiger partial charge in [0.25, 0.3) is 6.43 Å². The van der Waals surface area contributed by atoms with Crippen LogP contribution < -0.4 is 11.4 Å². The smallest absolute Gasteiger partial charge is 0.336 e. The van der Waals surface area contributed by atoms with E-state index in [0.717, 1.165) is 21.3 Å². The van der Waals surface area contributed by atoms with Crippen LogP contribution in [0.3, 0.4) is 0 Å². The summed E-state index contributed by atoms with van der Waals surface area (Å²) >= 11 is 0.365. The van der Waals surface area contributed by atoms with E-state index in [2.05, 4.69) is 10.2 Å². The summed E-state index contributed by atoms with van der Waals surface area (Å²) in [5.74, 6) is -2.79. The molecule has 32 heavy (non-hydrogen) atoms. The summed E-state index contributed by atoms with van der Waals surface area (Å²) in [5, 5.41) is 5.79. The maximum Gasteiger partial charge on any atom is 0.336 e. The number of aromatic nitrogens is 4. The van der Waals surface area contributed by atoms with Gasteiger partial charge in [-0.25, -0.2) is 31.0 Å². The highest BCUT2D eigenvalue weighted by Gasteiger charge is 2.47. The lowest BCUT2D eigenvalue weighted by Gasteiger charge is -2.12. The fourth-order valence-corrected chi connectivity index (χ4v) is 6.05. The number of alkyl halides is 3. The molecule has 2 heterocycles. The number of halogens is 4. The van der Waals surface area contributed by atoms with Crippen LogP contribution in [0.15, 0.2) is 21.8 Å². The van der Waals surface area contributed by atoms with Crippen LogP contribution in [-0.4, -0.2) is 46.1 Å². The number of sulfone groups is 1. The molecule has 1 amide bonds. The van der Waals surface area contributed by atoms with Gasteiger partial charge in [-0.05, 0) is 18.9 Å². The lowest BCUT2D eigenvalue weighted by Crippen LogP contribution is -2.29. The first-order valence-corrected chi connectivity index (χ1v) is 11.6. The third-order valence-electron chi connectivity index (χ3n) is 5.18. The number of imidazole rings is 1. The summed E-state index contributed by atoms with van der Waals surface area (Å²) in [7, 11) is -4.31. The monoisotopic (exact) mass is 493 g/mol. The maximum absolute atomic E-state index is 14.8. The number of carbonyl (C=O) groups is 1. The van der Waals surface area contributed by atoms with Gasteiger partial charge in [-0.1, -0.05) is 11.3 Å². The summed E-state index contributed by atoms with van der Waals surface area (Å²) in [5.41, 5.74) is 2.69. The van der Waals surface area contributed by atoms with Gasteiger partial charge >= 0.3 is 5.69 Å². The van der Waals surface area contributed by atoms with Crippen LogP contribution in [0.25, 0.3) is 16.2 Å². The molecular weight excluding hydrogens is 478 g/mol. The number of hydrogen-bond acceptors (Lipinski definition) is 7. The molecule has 1 fully saturated rings. The zero-order valence-electron chi connectivity index (χ0n) is 16.1. The highest BCUT2D eigenvalue weighted by Crippen LogP contribution is 2.48. The summed E-state index contributed by atoms with van der Waals surface area (Å²) in [6.45, 7) is -1.56. The number of fused-ring (bicyclic) bond motifs is 1. The van der Waals surface area contributed by atoms with Crippen molar-refractivity contribution in [2.45, 2.75) is 30.7 Å². The third kappa shape index (κ3) is 3.79. The van der Waals surface area contributed by atoms with E-state index >= 15 is 0 Å². The Morgan fingerprint density at radius 2 is 1.94 bits per heavy atom. The molecule has 0 radical (unpaired) electrons. The fraction of sp³-hybridized carbons (Fsp3) is 0.412. The molecule has 1 saturated carbocycles. The molecule has 172 valence electrons. The van der Waals surface area contributed by atoms with Gasteiger partial charge in [0.2, 0.25) is 11.0 Å². The molecule has 1 aromatic carbocycles. The lowest BCUT2D eigenvalue weighted by molar-refractivity contribution is -0.118. The van der Waals surface area contributed by atoms with Crippen molar-refractivity contribution in [1.29, 1.82) is 0 Å². The van der Waals surface area contributed by atoms with Crippen LogP contribution in [0.1, 0.15) is 24.3 Å². The van der Waals surface area contributed by atoms with E-state index in [1.807, 2.05) is 0 Å². The van der Waals surface area contributed by atoms with E-state index in [0.29, 0.717) is 24.2 Å². The average molecular weight is 493 g/mol. The Hall–Kier alpha value is -2.81. The van der Waals surface area contributed by atoms with E-state index in [1.54, 1.807) is 0 Å². The molecule has 2 aromatic heterocycles. The zero-order valence-corrected chi connectivity index (χ0v) is 17.7. The van der Waals surface area contributed by atoms with E-state index in [1.165, 1.54) is 0 Å². The Balaban J connectivity index is 1.96. The number of carbonyl (C=O) groups excluding carboxylic acids is 1. The molecule has 2 N–H and O–H groups in total. The molecule has 0 bridgehead atoms. The maximum atomic E-state index is 14.8. The van der Waals surface area contributed by atoms with E-state index < -0.39 is 68.0 Å². The minimum absolute atomic E-state index is 0.203. The Bertz CT molecular complexity index is 1390. The van der Waals surface area contributed by atoms with Crippen molar-refractivity contribution in [1.82, 2.24) is 19.3 Å². The van der Waals surface area contributed by atoms with Crippen molar-refractivity contribution < 1.29 is 30.8 Å². The molecule has 9 nitrogen and oxygen atoms in total. The van der Waals surface area contributed by atoms with Crippen molar-refractivity contribution in [2.24, 2.45) is 11.1 Å². The molecular formula is C17H15F4N5O4S2. The molecule has 0 saturated heterocycles. The van der Waals surface area contributed by atoms with Gasteiger partial charge in [0, 0.05) is 11.5 Å². The minimum Gasteiger partial charge on any atom is -0.368 e. The SMILES string of the molecule is NC(=O)Cn1c(=O)n(-c2nnc(C(F)F)s2)c2cc(S(=O)(=O)CC3(CF)CC3)c(F)cc21. The topological polar surface area (TPSA) is 130 Å². The molecule has 0 unspecified atom stereocenters. The Labute approximate surface area is 181 Å². The quantitative estimate of drug-likeness (QED) is 0.476. The average Bonchev–Trinajstić information content (AvgIpc) is 3.19. The van der Waals surface area contributed by atoms with E-state index in [-0.39, 0.29) is 16.2 Å².